The summed E-state index contributed by atoms with van der Waals surface area (Å²) in [4.78, 5) is 0. The van der Waals surface area contributed by atoms with Crippen molar-refractivity contribution in [3.8, 4) is 0 Å². The van der Waals surface area contributed by atoms with Gasteiger partial charge in [0.2, 0.25) is 0 Å². The predicted molar refractivity (Wildman–Crippen MR) is 53.2 cm³/mol. The number of rotatable bonds is 3. The number of hydrogen-bond acceptors (Lipinski definition) is 1. The Morgan fingerprint density at radius 2 is 2.00 bits per heavy atom. The molecular weight excluding hydrogens is 160 g/mol. The molecule has 0 spiro atoms. The van der Waals surface area contributed by atoms with Crippen molar-refractivity contribution in [3.05, 3.63) is 47.7 Å². The Labute approximate surface area is 79.0 Å². The molecule has 1 heteroatoms. The normalized spacial score (nSPS) is 15.5. The summed E-state index contributed by atoms with van der Waals surface area (Å²) in [7, 11) is 0. The number of ether oxygens (including phenoxy) is 1. The zero-order chi connectivity index (χ0) is 8.93. The summed E-state index contributed by atoms with van der Waals surface area (Å²) < 4.78 is 5.65. The topological polar surface area (TPSA) is 9.23 Å². The van der Waals surface area contributed by atoms with Gasteiger partial charge in [0.1, 0.15) is 6.61 Å². The van der Waals surface area contributed by atoms with E-state index in [0.29, 0.717) is 6.61 Å². The lowest BCUT2D eigenvalue weighted by atomic mass is 10.2. The molecule has 1 aromatic carbocycles. The van der Waals surface area contributed by atoms with E-state index in [1.807, 2.05) is 18.2 Å². The van der Waals surface area contributed by atoms with E-state index in [2.05, 4.69) is 18.2 Å². The lowest BCUT2D eigenvalue weighted by Gasteiger charge is -2.05. The van der Waals surface area contributed by atoms with E-state index in [0.717, 1.165) is 6.42 Å². The van der Waals surface area contributed by atoms with Gasteiger partial charge in [0.05, 0.1) is 5.76 Å². The molecule has 0 heterocycles. The SMILES string of the molecule is C1=C(OCc2ccccc2)CCC1. The Balaban J connectivity index is 1.86. The molecule has 0 radical (unpaired) electrons. The van der Waals surface area contributed by atoms with Crippen LogP contribution < -0.4 is 0 Å². The van der Waals surface area contributed by atoms with E-state index >= 15 is 0 Å². The van der Waals surface area contributed by atoms with Gasteiger partial charge in [0.15, 0.2) is 0 Å². The first-order chi connectivity index (χ1) is 6.45. The maximum absolute atomic E-state index is 5.65. The summed E-state index contributed by atoms with van der Waals surface area (Å²) in [6, 6.07) is 10.3. The minimum absolute atomic E-state index is 0.715. The van der Waals surface area contributed by atoms with Gasteiger partial charge in [-0.05, 0) is 24.5 Å². The predicted octanol–water partition coefficient (Wildman–Crippen LogP) is 3.27. The Morgan fingerprint density at radius 1 is 1.15 bits per heavy atom. The lowest BCUT2D eigenvalue weighted by molar-refractivity contribution is 0.193. The lowest BCUT2D eigenvalue weighted by Crippen LogP contribution is -1.90. The van der Waals surface area contributed by atoms with E-state index in [-0.39, 0.29) is 0 Å². The van der Waals surface area contributed by atoms with Crippen molar-refractivity contribution >= 4 is 0 Å². The van der Waals surface area contributed by atoms with E-state index < -0.39 is 0 Å². The number of allylic oxidation sites excluding steroid dienone is 2. The number of hydrogen-bond donors (Lipinski definition) is 0. The standard InChI is InChI=1S/C12H14O/c1-2-6-11(7-3-1)10-13-12-8-4-5-9-12/h1-3,6-8H,4-5,9-10H2. The van der Waals surface area contributed by atoms with Gasteiger partial charge < -0.3 is 4.74 Å². The van der Waals surface area contributed by atoms with Crippen LogP contribution in [0.5, 0.6) is 0 Å². The van der Waals surface area contributed by atoms with Gasteiger partial charge in [-0.1, -0.05) is 30.3 Å². The Bertz CT molecular complexity index is 287. The minimum atomic E-state index is 0.715. The summed E-state index contributed by atoms with van der Waals surface area (Å²) in [5.74, 6) is 1.17. The summed E-state index contributed by atoms with van der Waals surface area (Å²) in [5.41, 5.74) is 1.25. The highest BCUT2D eigenvalue weighted by Gasteiger charge is 2.04. The molecule has 0 aliphatic heterocycles. The molecular formula is C12H14O. The van der Waals surface area contributed by atoms with Crippen LogP contribution in [0.15, 0.2) is 42.2 Å². The highest BCUT2D eigenvalue weighted by Crippen LogP contribution is 2.19. The van der Waals surface area contributed by atoms with Crippen LogP contribution in [0.4, 0.5) is 0 Å². The highest BCUT2D eigenvalue weighted by molar-refractivity contribution is 5.14. The zero-order valence-electron chi connectivity index (χ0n) is 7.70. The third-order valence-electron chi connectivity index (χ3n) is 2.27. The maximum atomic E-state index is 5.65. The van der Waals surface area contributed by atoms with E-state index in [4.69, 9.17) is 4.74 Å². The second-order valence-corrected chi connectivity index (χ2v) is 3.34. The smallest absolute Gasteiger partial charge is 0.113 e. The van der Waals surface area contributed by atoms with Crippen LogP contribution in [-0.2, 0) is 11.3 Å². The first-order valence-electron chi connectivity index (χ1n) is 4.81. The molecule has 0 N–H and O–H groups in total. The molecule has 1 aromatic rings. The molecule has 0 amide bonds. The fourth-order valence-electron chi connectivity index (χ4n) is 1.52. The molecule has 0 atom stereocenters. The molecule has 0 saturated heterocycles. The first kappa shape index (κ1) is 8.36. The quantitative estimate of drug-likeness (QED) is 0.683. The summed E-state index contributed by atoms with van der Waals surface area (Å²) in [5, 5.41) is 0. The zero-order valence-corrected chi connectivity index (χ0v) is 7.70. The fourth-order valence-corrected chi connectivity index (χ4v) is 1.52. The van der Waals surface area contributed by atoms with Crippen LogP contribution >= 0.6 is 0 Å². The molecule has 13 heavy (non-hydrogen) atoms. The second-order valence-electron chi connectivity index (χ2n) is 3.34. The van der Waals surface area contributed by atoms with E-state index in [1.165, 1.54) is 24.2 Å². The van der Waals surface area contributed by atoms with Gasteiger partial charge in [0.25, 0.3) is 0 Å². The fraction of sp³-hybridized carbons (Fsp3) is 0.333. The molecule has 2 rings (SSSR count). The number of benzene rings is 1. The van der Waals surface area contributed by atoms with Crippen molar-refractivity contribution in [3.63, 3.8) is 0 Å². The molecule has 0 unspecified atom stereocenters. The maximum Gasteiger partial charge on any atom is 0.113 e. The van der Waals surface area contributed by atoms with Gasteiger partial charge >= 0.3 is 0 Å². The molecule has 0 aromatic heterocycles. The molecule has 68 valence electrons. The highest BCUT2D eigenvalue weighted by atomic mass is 16.5. The Kier molecular flexibility index (Phi) is 2.65. The van der Waals surface area contributed by atoms with Crippen LogP contribution in [-0.4, -0.2) is 0 Å². The molecule has 0 bridgehead atoms. The Hall–Kier alpha value is -1.24. The minimum Gasteiger partial charge on any atom is -0.494 e. The summed E-state index contributed by atoms with van der Waals surface area (Å²) in [6.07, 6.45) is 5.75. The van der Waals surface area contributed by atoms with E-state index in [9.17, 15) is 0 Å². The molecule has 1 aliphatic carbocycles. The van der Waals surface area contributed by atoms with Gasteiger partial charge in [-0.15, -0.1) is 0 Å². The van der Waals surface area contributed by atoms with Crippen molar-refractivity contribution in [2.75, 3.05) is 0 Å². The van der Waals surface area contributed by atoms with Gasteiger partial charge in [0, 0.05) is 6.42 Å². The molecule has 1 nitrogen and oxygen atoms in total. The van der Waals surface area contributed by atoms with Crippen molar-refractivity contribution in [1.82, 2.24) is 0 Å². The monoisotopic (exact) mass is 174 g/mol. The van der Waals surface area contributed by atoms with Gasteiger partial charge in [-0.25, -0.2) is 0 Å². The van der Waals surface area contributed by atoms with Crippen LogP contribution in [0, 0.1) is 0 Å². The van der Waals surface area contributed by atoms with Gasteiger partial charge in [-0.2, -0.15) is 0 Å². The van der Waals surface area contributed by atoms with Crippen LogP contribution in [0.2, 0.25) is 0 Å². The third kappa shape index (κ3) is 2.35. The average Bonchev–Trinajstić information content (AvgIpc) is 2.69. The summed E-state index contributed by atoms with van der Waals surface area (Å²) >= 11 is 0. The van der Waals surface area contributed by atoms with Crippen LogP contribution in [0.1, 0.15) is 24.8 Å². The van der Waals surface area contributed by atoms with Gasteiger partial charge in [-0.3, -0.25) is 0 Å². The van der Waals surface area contributed by atoms with E-state index in [1.54, 1.807) is 0 Å². The van der Waals surface area contributed by atoms with Crippen LogP contribution in [0.25, 0.3) is 0 Å². The van der Waals surface area contributed by atoms with Crippen LogP contribution in [0.3, 0.4) is 0 Å². The van der Waals surface area contributed by atoms with Crippen molar-refractivity contribution < 1.29 is 4.74 Å². The van der Waals surface area contributed by atoms with Crippen molar-refractivity contribution in [1.29, 1.82) is 0 Å². The molecule has 0 fully saturated rings. The third-order valence-corrected chi connectivity index (χ3v) is 2.27. The van der Waals surface area contributed by atoms with Crippen molar-refractivity contribution in [2.45, 2.75) is 25.9 Å². The first-order valence-corrected chi connectivity index (χ1v) is 4.81. The molecule has 0 saturated carbocycles. The second kappa shape index (κ2) is 4.13. The molecule has 1 aliphatic rings. The Morgan fingerprint density at radius 3 is 2.69 bits per heavy atom. The summed E-state index contributed by atoms with van der Waals surface area (Å²) in [6.45, 7) is 0.715. The van der Waals surface area contributed by atoms with Crippen molar-refractivity contribution in [2.24, 2.45) is 0 Å². The average molecular weight is 174 g/mol. The largest absolute Gasteiger partial charge is 0.494 e.